The molecule has 110 valence electrons. The van der Waals surface area contributed by atoms with E-state index < -0.39 is 17.3 Å². The topological polar surface area (TPSA) is 49.3 Å². The van der Waals surface area contributed by atoms with Gasteiger partial charge in [-0.25, -0.2) is 9.18 Å². The maximum Gasteiger partial charge on any atom is 0.333 e. The van der Waals surface area contributed by atoms with Gasteiger partial charge < -0.3 is 10.4 Å². The Labute approximate surface area is 138 Å². The molecule has 0 aliphatic heterocycles. The van der Waals surface area contributed by atoms with Gasteiger partial charge in [-0.15, -0.1) is 0 Å². The Kier molecular flexibility index (Phi) is 4.68. The van der Waals surface area contributed by atoms with E-state index in [1.807, 2.05) is 12.1 Å². The van der Waals surface area contributed by atoms with E-state index >= 15 is 0 Å². The lowest BCUT2D eigenvalue weighted by Crippen LogP contribution is -2.41. The monoisotopic (exact) mass is 415 g/mol. The summed E-state index contributed by atoms with van der Waals surface area (Å²) < 4.78 is 14.4. The predicted molar refractivity (Wildman–Crippen MR) is 86.9 cm³/mol. The van der Waals surface area contributed by atoms with E-state index in [1.54, 1.807) is 12.1 Å². The van der Waals surface area contributed by atoms with Crippen LogP contribution in [0.15, 0.2) is 51.4 Å². The van der Waals surface area contributed by atoms with E-state index in [0.29, 0.717) is 15.7 Å². The van der Waals surface area contributed by atoms with Gasteiger partial charge >= 0.3 is 5.97 Å². The van der Waals surface area contributed by atoms with Crippen molar-refractivity contribution in [3.63, 3.8) is 0 Å². The molecule has 0 aliphatic carbocycles. The van der Waals surface area contributed by atoms with Crippen LogP contribution in [-0.4, -0.2) is 11.1 Å². The summed E-state index contributed by atoms with van der Waals surface area (Å²) in [5.41, 5.74) is -0.332. The number of aliphatic carboxylic acids is 1. The number of carboxylic acids is 1. The Balaban J connectivity index is 2.51. The van der Waals surface area contributed by atoms with Crippen molar-refractivity contribution in [1.29, 1.82) is 0 Å². The van der Waals surface area contributed by atoms with Gasteiger partial charge in [0.05, 0.1) is 0 Å². The molecule has 21 heavy (non-hydrogen) atoms. The van der Waals surface area contributed by atoms with E-state index in [-0.39, 0.29) is 0 Å². The van der Waals surface area contributed by atoms with Crippen LogP contribution in [0.2, 0.25) is 0 Å². The van der Waals surface area contributed by atoms with Gasteiger partial charge in [-0.1, -0.05) is 34.1 Å². The summed E-state index contributed by atoms with van der Waals surface area (Å²) in [5, 5.41) is 12.6. The van der Waals surface area contributed by atoms with Gasteiger partial charge in [0.2, 0.25) is 0 Å². The zero-order valence-corrected chi connectivity index (χ0v) is 14.2. The molecule has 0 aromatic heterocycles. The van der Waals surface area contributed by atoms with E-state index in [2.05, 4.69) is 37.2 Å². The minimum absolute atomic E-state index is 0.395. The molecule has 0 amide bonds. The van der Waals surface area contributed by atoms with Gasteiger partial charge in [0.1, 0.15) is 5.82 Å². The summed E-state index contributed by atoms with van der Waals surface area (Å²) in [7, 11) is 0. The van der Waals surface area contributed by atoms with Gasteiger partial charge in [-0.3, -0.25) is 0 Å². The zero-order valence-electron chi connectivity index (χ0n) is 11.0. The molecule has 0 saturated carbocycles. The molecule has 0 fully saturated rings. The first-order valence-electron chi connectivity index (χ1n) is 6.06. The molecule has 0 spiro atoms. The molecule has 2 N–H and O–H groups in total. The fourth-order valence-electron chi connectivity index (χ4n) is 1.96. The Morgan fingerprint density at radius 1 is 1.19 bits per heavy atom. The third kappa shape index (κ3) is 3.27. The lowest BCUT2D eigenvalue weighted by atomic mass is 9.91. The number of hydrogen-bond acceptors (Lipinski definition) is 2. The molecule has 1 unspecified atom stereocenters. The molecule has 0 saturated heterocycles. The van der Waals surface area contributed by atoms with E-state index in [4.69, 9.17) is 0 Å². The van der Waals surface area contributed by atoms with Crippen LogP contribution in [-0.2, 0) is 10.3 Å². The predicted octanol–water partition coefficient (Wildman–Crippen LogP) is 4.76. The highest BCUT2D eigenvalue weighted by Gasteiger charge is 2.37. The minimum Gasteiger partial charge on any atom is -0.479 e. The molecular weight excluding hydrogens is 405 g/mol. The number of carboxylic acid groups (broad SMARTS) is 1. The first-order chi connectivity index (χ1) is 9.84. The Hall–Kier alpha value is -1.40. The smallest absolute Gasteiger partial charge is 0.333 e. The van der Waals surface area contributed by atoms with Gasteiger partial charge in [-0.2, -0.15) is 0 Å². The number of nitrogens with one attached hydrogen (secondary N) is 1. The van der Waals surface area contributed by atoms with Crippen molar-refractivity contribution in [1.82, 2.24) is 0 Å². The van der Waals surface area contributed by atoms with Crippen LogP contribution < -0.4 is 5.32 Å². The van der Waals surface area contributed by atoms with Crippen LogP contribution in [0.4, 0.5) is 10.1 Å². The Morgan fingerprint density at radius 3 is 2.43 bits per heavy atom. The normalized spacial score (nSPS) is 13.5. The molecule has 6 heteroatoms. The van der Waals surface area contributed by atoms with Crippen LogP contribution in [0.3, 0.4) is 0 Å². The van der Waals surface area contributed by atoms with Crippen molar-refractivity contribution >= 4 is 43.5 Å². The summed E-state index contributed by atoms with van der Waals surface area (Å²) in [4.78, 5) is 11.8. The van der Waals surface area contributed by atoms with Gasteiger partial charge in [-0.05, 0) is 47.1 Å². The standard InChI is InChI=1S/C15H12Br2FNO2/c1-15(14(20)21,10-7-6-9(18)8-12(10)17)19-13-5-3-2-4-11(13)16/h2-8,19H,1H3,(H,20,21). The van der Waals surface area contributed by atoms with Crippen molar-refractivity contribution in [2.75, 3.05) is 5.32 Å². The van der Waals surface area contributed by atoms with Crippen molar-refractivity contribution in [2.24, 2.45) is 0 Å². The molecule has 0 bridgehead atoms. The summed E-state index contributed by atoms with van der Waals surface area (Å²) in [5.74, 6) is -1.50. The first kappa shape index (κ1) is 16.0. The maximum atomic E-state index is 13.2. The molecule has 2 rings (SSSR count). The van der Waals surface area contributed by atoms with Crippen molar-refractivity contribution in [2.45, 2.75) is 12.5 Å². The largest absolute Gasteiger partial charge is 0.479 e. The van der Waals surface area contributed by atoms with E-state index in [1.165, 1.54) is 25.1 Å². The minimum atomic E-state index is -1.41. The molecule has 0 radical (unpaired) electrons. The Morgan fingerprint density at radius 2 is 1.86 bits per heavy atom. The quantitative estimate of drug-likeness (QED) is 0.755. The van der Waals surface area contributed by atoms with Crippen LogP contribution in [0.25, 0.3) is 0 Å². The molecule has 2 aromatic rings. The maximum absolute atomic E-state index is 13.2. The highest BCUT2D eigenvalue weighted by molar-refractivity contribution is 9.11. The van der Waals surface area contributed by atoms with E-state index in [9.17, 15) is 14.3 Å². The van der Waals surface area contributed by atoms with Crippen molar-refractivity contribution < 1.29 is 14.3 Å². The molecule has 3 nitrogen and oxygen atoms in total. The summed E-state index contributed by atoms with van der Waals surface area (Å²) >= 11 is 6.60. The van der Waals surface area contributed by atoms with Crippen LogP contribution in [0.5, 0.6) is 0 Å². The van der Waals surface area contributed by atoms with Crippen LogP contribution >= 0.6 is 31.9 Å². The first-order valence-corrected chi connectivity index (χ1v) is 7.65. The molecule has 1 atom stereocenters. The number of benzene rings is 2. The number of rotatable bonds is 4. The van der Waals surface area contributed by atoms with Crippen molar-refractivity contribution in [3.05, 3.63) is 62.8 Å². The van der Waals surface area contributed by atoms with Gasteiger partial charge in [0, 0.05) is 20.2 Å². The van der Waals surface area contributed by atoms with E-state index in [0.717, 1.165) is 4.47 Å². The average molecular weight is 417 g/mol. The Bertz CT molecular complexity index is 693. The summed E-state index contributed by atoms with van der Waals surface area (Å²) in [6.45, 7) is 1.53. The van der Waals surface area contributed by atoms with Crippen LogP contribution in [0.1, 0.15) is 12.5 Å². The number of anilines is 1. The number of carbonyl (C=O) groups is 1. The third-order valence-corrected chi connectivity index (χ3v) is 4.50. The summed E-state index contributed by atoms with van der Waals surface area (Å²) in [6.07, 6.45) is 0. The highest BCUT2D eigenvalue weighted by atomic mass is 79.9. The van der Waals surface area contributed by atoms with Crippen LogP contribution in [0, 0.1) is 5.82 Å². The number of hydrogen-bond donors (Lipinski definition) is 2. The fourth-order valence-corrected chi connectivity index (χ4v) is 3.09. The zero-order chi connectivity index (χ0) is 15.6. The fraction of sp³-hybridized carbons (Fsp3) is 0.133. The number of para-hydroxylation sites is 1. The molecular formula is C15H12Br2FNO2. The second kappa shape index (κ2) is 6.15. The lowest BCUT2D eigenvalue weighted by Gasteiger charge is -2.29. The highest BCUT2D eigenvalue weighted by Crippen LogP contribution is 2.34. The second-order valence-corrected chi connectivity index (χ2v) is 6.37. The number of halogens is 3. The summed E-state index contributed by atoms with van der Waals surface area (Å²) in [6, 6.07) is 11.2. The van der Waals surface area contributed by atoms with Crippen molar-refractivity contribution in [3.8, 4) is 0 Å². The molecule has 0 aliphatic rings. The lowest BCUT2D eigenvalue weighted by molar-refractivity contribution is -0.142. The molecule has 0 heterocycles. The average Bonchev–Trinajstić information content (AvgIpc) is 2.41. The third-order valence-electron chi connectivity index (χ3n) is 3.16. The SMILES string of the molecule is CC(Nc1ccccc1Br)(C(=O)O)c1ccc(F)cc1Br. The van der Waals surface area contributed by atoms with Gasteiger partial charge in [0.25, 0.3) is 0 Å². The molecule has 2 aromatic carbocycles. The van der Waals surface area contributed by atoms with Gasteiger partial charge in [0.15, 0.2) is 5.54 Å². The second-order valence-electron chi connectivity index (χ2n) is 4.66.